The lowest BCUT2D eigenvalue weighted by Gasteiger charge is -2.14. The Hall–Kier alpha value is -1.14. The molecule has 0 spiro atoms. The highest BCUT2D eigenvalue weighted by molar-refractivity contribution is 4.88. The van der Waals surface area contributed by atoms with Gasteiger partial charge >= 0.3 is 6.01 Å². The number of nitrogens with zero attached hydrogens (tertiary/aromatic N) is 3. The lowest BCUT2D eigenvalue weighted by atomic mass is 10.4. The highest BCUT2D eigenvalue weighted by atomic mass is 16.5. The van der Waals surface area contributed by atoms with Crippen LogP contribution in [0.1, 0.15) is 0 Å². The third-order valence-corrected chi connectivity index (χ3v) is 1.63. The van der Waals surface area contributed by atoms with Gasteiger partial charge in [-0.2, -0.15) is 4.98 Å². The Balaban J connectivity index is 2.46. The second-order valence-corrected chi connectivity index (χ2v) is 2.95. The topological polar surface area (TPSA) is 61.2 Å². The van der Waals surface area contributed by atoms with Crippen LogP contribution in [0.15, 0.2) is 6.33 Å². The van der Waals surface area contributed by atoms with Crippen molar-refractivity contribution in [3.05, 3.63) is 6.33 Å². The highest BCUT2D eigenvalue weighted by Gasteiger charge is 2.11. The molecule has 0 bridgehead atoms. The number of nitrogens with one attached hydrogen (secondary N) is 1. The lowest BCUT2D eigenvalue weighted by Crippen LogP contribution is -2.33. The zero-order valence-electron chi connectivity index (χ0n) is 8.73. The van der Waals surface area contributed by atoms with Gasteiger partial charge in [0.15, 0.2) is 0 Å². The number of hydrogen-bond donors (Lipinski definition) is 1. The van der Waals surface area contributed by atoms with Crippen molar-refractivity contribution in [1.29, 1.82) is 0 Å². The Morgan fingerprint density at radius 3 is 2.93 bits per heavy atom. The van der Waals surface area contributed by atoms with Crippen LogP contribution in [-0.4, -0.2) is 48.2 Å². The predicted molar refractivity (Wildman–Crippen MR) is 51.2 cm³/mol. The number of hydrogen-bond acceptors (Lipinski definition) is 5. The number of ether oxygens (including phenoxy) is 2. The summed E-state index contributed by atoms with van der Waals surface area (Å²) in [5.41, 5.74) is 0. The average Bonchev–Trinajstić information content (AvgIpc) is 2.52. The van der Waals surface area contributed by atoms with Crippen molar-refractivity contribution in [2.45, 2.75) is 6.10 Å². The van der Waals surface area contributed by atoms with Crippen molar-refractivity contribution >= 4 is 0 Å². The van der Waals surface area contributed by atoms with Gasteiger partial charge in [-0.05, 0) is 7.05 Å². The quantitative estimate of drug-likeness (QED) is 0.666. The van der Waals surface area contributed by atoms with Crippen LogP contribution in [0, 0.1) is 0 Å². The van der Waals surface area contributed by atoms with Gasteiger partial charge in [-0.15, -0.1) is 5.10 Å². The van der Waals surface area contributed by atoms with Gasteiger partial charge < -0.3 is 14.8 Å². The van der Waals surface area contributed by atoms with Gasteiger partial charge in [-0.25, -0.2) is 0 Å². The van der Waals surface area contributed by atoms with Crippen molar-refractivity contribution < 1.29 is 9.47 Å². The second kappa shape index (κ2) is 5.56. The van der Waals surface area contributed by atoms with E-state index in [2.05, 4.69) is 15.4 Å². The Morgan fingerprint density at radius 1 is 1.64 bits per heavy atom. The van der Waals surface area contributed by atoms with Crippen molar-refractivity contribution in [1.82, 2.24) is 20.1 Å². The van der Waals surface area contributed by atoms with E-state index < -0.39 is 0 Å². The van der Waals surface area contributed by atoms with E-state index in [0.29, 0.717) is 19.2 Å². The van der Waals surface area contributed by atoms with Gasteiger partial charge in [0.2, 0.25) is 0 Å². The van der Waals surface area contributed by atoms with Crippen LogP contribution in [0.5, 0.6) is 6.01 Å². The summed E-state index contributed by atoms with van der Waals surface area (Å²) >= 11 is 0. The average molecular weight is 200 g/mol. The van der Waals surface area contributed by atoms with Crippen LogP contribution in [0.2, 0.25) is 0 Å². The van der Waals surface area contributed by atoms with E-state index in [9.17, 15) is 0 Å². The van der Waals surface area contributed by atoms with E-state index in [1.54, 1.807) is 25.2 Å². The first kappa shape index (κ1) is 10.9. The van der Waals surface area contributed by atoms with Gasteiger partial charge in [0.1, 0.15) is 12.4 Å². The maximum atomic E-state index is 5.49. The van der Waals surface area contributed by atoms with E-state index in [-0.39, 0.29) is 6.10 Å². The number of aryl methyl sites for hydroxylation is 1. The van der Waals surface area contributed by atoms with E-state index in [1.807, 2.05) is 7.05 Å². The minimum absolute atomic E-state index is 0.0626. The fraction of sp³-hybridized carbons (Fsp3) is 0.750. The molecule has 0 aliphatic rings. The van der Waals surface area contributed by atoms with Crippen LogP contribution in [-0.2, 0) is 11.8 Å². The number of likely N-dealkylation sites (N-methyl/N-ethyl adjacent to an activating group) is 1. The summed E-state index contributed by atoms with van der Waals surface area (Å²) in [6, 6.07) is 0.379. The highest BCUT2D eigenvalue weighted by Crippen LogP contribution is 2.02. The summed E-state index contributed by atoms with van der Waals surface area (Å²) in [5.74, 6) is 0. The molecule has 0 aliphatic heterocycles. The van der Waals surface area contributed by atoms with E-state index in [1.165, 1.54) is 0 Å². The van der Waals surface area contributed by atoms with Crippen LogP contribution in [0.4, 0.5) is 0 Å². The molecule has 0 aliphatic carbocycles. The first-order valence-corrected chi connectivity index (χ1v) is 4.42. The van der Waals surface area contributed by atoms with E-state index >= 15 is 0 Å². The molecule has 1 rings (SSSR count). The van der Waals surface area contributed by atoms with Crippen molar-refractivity contribution in [2.24, 2.45) is 7.05 Å². The van der Waals surface area contributed by atoms with Gasteiger partial charge in [-0.3, -0.25) is 4.68 Å². The first-order valence-electron chi connectivity index (χ1n) is 4.42. The molecular weight excluding hydrogens is 184 g/mol. The fourth-order valence-electron chi connectivity index (χ4n) is 1.07. The fourth-order valence-corrected chi connectivity index (χ4v) is 1.07. The molecule has 1 aromatic rings. The number of methoxy groups -OCH3 is 1. The zero-order valence-corrected chi connectivity index (χ0v) is 8.73. The van der Waals surface area contributed by atoms with Gasteiger partial charge in [-0.1, -0.05) is 0 Å². The Bertz CT molecular complexity index is 258. The predicted octanol–water partition coefficient (Wildman–Crippen LogP) is -0.572. The van der Waals surface area contributed by atoms with Crippen LogP contribution in [0.3, 0.4) is 0 Å². The van der Waals surface area contributed by atoms with Crippen LogP contribution in [0.25, 0.3) is 0 Å². The van der Waals surface area contributed by atoms with Crippen molar-refractivity contribution in [3.63, 3.8) is 0 Å². The third-order valence-electron chi connectivity index (χ3n) is 1.63. The molecule has 1 atom stereocenters. The normalized spacial score (nSPS) is 12.8. The van der Waals surface area contributed by atoms with Gasteiger partial charge in [0.05, 0.1) is 6.61 Å². The molecule has 0 saturated carbocycles. The van der Waals surface area contributed by atoms with E-state index in [4.69, 9.17) is 9.47 Å². The summed E-state index contributed by atoms with van der Waals surface area (Å²) in [4.78, 5) is 3.97. The smallest absolute Gasteiger partial charge is 0.335 e. The minimum Gasteiger partial charge on any atom is -0.455 e. The van der Waals surface area contributed by atoms with E-state index in [0.717, 1.165) is 0 Å². The maximum absolute atomic E-state index is 5.49. The summed E-state index contributed by atoms with van der Waals surface area (Å²) in [5, 5.41) is 7.03. The van der Waals surface area contributed by atoms with Crippen LogP contribution >= 0.6 is 0 Å². The third kappa shape index (κ3) is 3.31. The molecule has 1 unspecified atom stereocenters. The SMILES string of the molecule is CNCC(COC)Oc1ncn(C)n1. The molecule has 14 heavy (non-hydrogen) atoms. The van der Waals surface area contributed by atoms with Gasteiger partial charge in [0, 0.05) is 20.7 Å². The Kier molecular flexibility index (Phi) is 4.34. The summed E-state index contributed by atoms with van der Waals surface area (Å²) in [7, 11) is 5.29. The molecule has 6 heteroatoms. The number of aromatic nitrogens is 3. The monoisotopic (exact) mass is 200 g/mol. The molecule has 0 aromatic carbocycles. The molecule has 1 heterocycles. The molecule has 80 valence electrons. The summed E-state index contributed by atoms with van der Waals surface area (Å²) in [6.45, 7) is 1.21. The molecule has 1 N–H and O–H groups in total. The van der Waals surface area contributed by atoms with Gasteiger partial charge in [0.25, 0.3) is 0 Å². The minimum atomic E-state index is -0.0626. The van der Waals surface area contributed by atoms with Crippen molar-refractivity contribution in [2.75, 3.05) is 27.3 Å². The first-order chi connectivity index (χ1) is 6.76. The lowest BCUT2D eigenvalue weighted by molar-refractivity contribution is 0.0753. The summed E-state index contributed by atoms with van der Waals surface area (Å²) < 4.78 is 12.1. The standard InChI is InChI=1S/C8H16N4O2/c1-9-4-7(5-13-3)14-8-10-6-12(2)11-8/h6-7,9H,4-5H2,1-3H3. The summed E-state index contributed by atoms with van der Waals surface area (Å²) in [6.07, 6.45) is 1.53. The number of rotatable bonds is 6. The molecule has 1 aromatic heterocycles. The Labute approximate surface area is 83.2 Å². The molecule has 0 amide bonds. The Morgan fingerprint density at radius 2 is 2.43 bits per heavy atom. The second-order valence-electron chi connectivity index (χ2n) is 2.95. The molecule has 0 radical (unpaired) electrons. The largest absolute Gasteiger partial charge is 0.455 e. The molecule has 0 saturated heterocycles. The molecule has 6 nitrogen and oxygen atoms in total. The zero-order chi connectivity index (χ0) is 10.4. The maximum Gasteiger partial charge on any atom is 0.335 e. The van der Waals surface area contributed by atoms with Crippen molar-refractivity contribution in [3.8, 4) is 6.01 Å². The van der Waals surface area contributed by atoms with Crippen LogP contribution < -0.4 is 10.1 Å². The molecular formula is C8H16N4O2. The molecule has 0 fully saturated rings.